The predicted octanol–water partition coefficient (Wildman–Crippen LogP) is 4.69. The van der Waals surface area contributed by atoms with E-state index in [2.05, 4.69) is 15.2 Å². The summed E-state index contributed by atoms with van der Waals surface area (Å²) in [6.07, 6.45) is -6.48. The molecule has 1 aliphatic heterocycles. The lowest BCUT2D eigenvalue weighted by Crippen LogP contribution is -2.42. The summed E-state index contributed by atoms with van der Waals surface area (Å²) in [5, 5.41) is 17.3. The van der Waals surface area contributed by atoms with Gasteiger partial charge in [0, 0.05) is 13.1 Å². The number of rotatable bonds is 2. The van der Waals surface area contributed by atoms with E-state index in [1.54, 1.807) is 0 Å². The van der Waals surface area contributed by atoms with Crippen LogP contribution in [-0.4, -0.2) is 50.4 Å². The summed E-state index contributed by atoms with van der Waals surface area (Å²) in [6.45, 7) is 0.303. The van der Waals surface area contributed by atoms with Crippen molar-refractivity contribution < 1.29 is 40.7 Å². The van der Waals surface area contributed by atoms with E-state index in [-0.39, 0.29) is 49.1 Å². The number of amides is 1. The Bertz CT molecular complexity index is 1280. The van der Waals surface area contributed by atoms with Crippen LogP contribution in [0.4, 0.5) is 32.0 Å². The topological polar surface area (TPSA) is 118 Å². The zero-order chi connectivity index (χ0) is 27.3. The Labute approximate surface area is 212 Å². The van der Waals surface area contributed by atoms with Crippen LogP contribution >= 0.6 is 0 Å². The van der Waals surface area contributed by atoms with Crippen LogP contribution in [0.15, 0.2) is 10.5 Å². The molecule has 3 fully saturated rings. The molecule has 8 nitrogen and oxygen atoms in total. The lowest BCUT2D eigenvalue weighted by Gasteiger charge is -2.28. The standard InChI is InChI=1S/C24H25F6N5O3/c25-23(26,27)12-10-13(31)16-17-33-34-19(38-17)22(37,24(28,29)30)4-2-1-3-9-35(18(36)15(12)32-16)11-14-20(5-6-20)21(14)7-8-21/h10,14,37H,1-9,11,31H2/t22-/m1/s1. The van der Waals surface area contributed by atoms with Gasteiger partial charge in [0.1, 0.15) is 5.69 Å². The Morgan fingerprint density at radius 1 is 1.00 bits per heavy atom. The van der Waals surface area contributed by atoms with Gasteiger partial charge in [0.05, 0.1) is 11.3 Å². The van der Waals surface area contributed by atoms with Gasteiger partial charge < -0.3 is 20.2 Å². The fourth-order valence-electron chi connectivity index (χ4n) is 6.59. The van der Waals surface area contributed by atoms with E-state index in [0.29, 0.717) is 6.07 Å². The highest BCUT2D eigenvalue weighted by Crippen LogP contribution is 2.92. The smallest absolute Gasteiger partial charge is 0.416 e. The molecular formula is C24H25F6N5O3. The highest BCUT2D eigenvalue weighted by atomic mass is 19.4. The number of carbonyl (C=O) groups is 1. The number of nitrogen functional groups attached to an aromatic ring is 1. The normalized spacial score (nSPS) is 26.5. The minimum Gasteiger partial charge on any atom is -0.416 e. The van der Waals surface area contributed by atoms with Gasteiger partial charge in [-0.25, -0.2) is 4.98 Å². The lowest BCUT2D eigenvalue weighted by atomic mass is 9.95. The minimum absolute atomic E-state index is 0.0447. The van der Waals surface area contributed by atoms with Crippen LogP contribution in [0.3, 0.4) is 0 Å². The summed E-state index contributed by atoms with van der Waals surface area (Å²) >= 11 is 0. The molecule has 1 amide bonds. The average Bonchev–Trinajstić information content (AvgIpc) is 3.78. The molecule has 14 heteroatoms. The Kier molecular flexibility index (Phi) is 5.23. The molecule has 38 heavy (non-hydrogen) atoms. The zero-order valence-corrected chi connectivity index (χ0v) is 20.1. The van der Waals surface area contributed by atoms with E-state index in [1.807, 2.05) is 0 Å². The van der Waals surface area contributed by atoms with Crippen LogP contribution in [0.5, 0.6) is 0 Å². The average molecular weight is 545 g/mol. The highest BCUT2D eigenvalue weighted by Gasteiger charge is 2.86. The maximum absolute atomic E-state index is 14.0. The molecule has 6 rings (SSSR count). The number of hydrogen-bond donors (Lipinski definition) is 2. The number of fused-ring (bicyclic) bond motifs is 6. The molecule has 4 aliphatic rings. The fraction of sp³-hybridized carbons (Fsp3) is 0.667. The van der Waals surface area contributed by atoms with Gasteiger partial charge in [0.2, 0.25) is 5.60 Å². The predicted molar refractivity (Wildman–Crippen MR) is 118 cm³/mol. The van der Waals surface area contributed by atoms with E-state index in [0.717, 1.165) is 25.7 Å². The third kappa shape index (κ3) is 3.62. The molecule has 206 valence electrons. The Morgan fingerprint density at radius 2 is 1.66 bits per heavy atom. The number of nitrogens with zero attached hydrogens (tertiary/aromatic N) is 4. The largest absolute Gasteiger partial charge is 0.426 e. The summed E-state index contributed by atoms with van der Waals surface area (Å²) < 4.78 is 88.7. The lowest BCUT2D eigenvalue weighted by molar-refractivity contribution is -0.277. The third-order valence-electron chi connectivity index (χ3n) is 8.99. The Hall–Kier alpha value is -2.90. The van der Waals surface area contributed by atoms with Gasteiger partial charge in [-0.15, -0.1) is 10.2 Å². The van der Waals surface area contributed by atoms with Gasteiger partial charge in [-0.1, -0.05) is 6.42 Å². The van der Waals surface area contributed by atoms with Gasteiger partial charge >= 0.3 is 12.4 Å². The van der Waals surface area contributed by atoms with E-state index in [1.165, 1.54) is 4.90 Å². The molecule has 0 aromatic carbocycles. The van der Waals surface area contributed by atoms with Crippen LogP contribution in [0.25, 0.3) is 11.6 Å². The summed E-state index contributed by atoms with van der Waals surface area (Å²) in [5.74, 6) is -2.65. The van der Waals surface area contributed by atoms with E-state index < -0.39 is 64.7 Å². The number of hydrogen-bond acceptors (Lipinski definition) is 7. The van der Waals surface area contributed by atoms with Crippen molar-refractivity contribution in [3.05, 3.63) is 23.2 Å². The maximum atomic E-state index is 14.0. The molecule has 3 heterocycles. The molecule has 2 spiro atoms. The fourth-order valence-corrected chi connectivity index (χ4v) is 6.59. The summed E-state index contributed by atoms with van der Waals surface area (Å²) in [5.41, 5.74) is -0.816. The van der Waals surface area contributed by atoms with Gasteiger partial charge in [-0.05, 0) is 67.8 Å². The first-order valence-electron chi connectivity index (χ1n) is 12.5. The number of pyridine rings is 1. The molecule has 2 aromatic rings. The van der Waals surface area contributed by atoms with Crippen molar-refractivity contribution in [2.24, 2.45) is 16.7 Å². The third-order valence-corrected chi connectivity index (χ3v) is 8.99. The van der Waals surface area contributed by atoms with Crippen molar-refractivity contribution in [3.8, 4) is 11.6 Å². The van der Waals surface area contributed by atoms with Crippen molar-refractivity contribution >= 4 is 11.6 Å². The SMILES string of the molecule is Nc1cc(C(F)(F)F)c2nc1-c1nnc(o1)[C@@](O)(C(F)(F)F)CCCCCN(CC1C3(CC3)C13CC3)C2=O. The Morgan fingerprint density at radius 3 is 2.24 bits per heavy atom. The summed E-state index contributed by atoms with van der Waals surface area (Å²) in [4.78, 5) is 18.8. The molecule has 3 saturated carbocycles. The maximum Gasteiger partial charge on any atom is 0.426 e. The van der Waals surface area contributed by atoms with Gasteiger partial charge in [-0.3, -0.25) is 4.79 Å². The highest BCUT2D eigenvalue weighted by molar-refractivity contribution is 5.95. The quantitative estimate of drug-likeness (QED) is 0.526. The number of aromatic nitrogens is 3. The molecule has 0 saturated heterocycles. The second-order valence-electron chi connectivity index (χ2n) is 11.0. The van der Waals surface area contributed by atoms with Crippen LogP contribution in [0.1, 0.15) is 73.3 Å². The number of aliphatic hydroxyl groups is 1. The molecule has 1 atom stereocenters. The molecule has 0 unspecified atom stereocenters. The van der Waals surface area contributed by atoms with Crippen LogP contribution in [0.2, 0.25) is 0 Å². The second kappa shape index (κ2) is 7.82. The van der Waals surface area contributed by atoms with Crippen LogP contribution < -0.4 is 5.73 Å². The first-order valence-corrected chi connectivity index (χ1v) is 12.5. The van der Waals surface area contributed by atoms with E-state index >= 15 is 0 Å². The van der Waals surface area contributed by atoms with E-state index in [9.17, 15) is 36.2 Å². The van der Waals surface area contributed by atoms with Crippen molar-refractivity contribution in [2.45, 2.75) is 69.3 Å². The van der Waals surface area contributed by atoms with Gasteiger partial charge in [0.15, 0.2) is 5.69 Å². The molecule has 2 aromatic heterocycles. The molecular weight excluding hydrogens is 520 g/mol. The van der Waals surface area contributed by atoms with Crippen molar-refractivity contribution in [1.29, 1.82) is 0 Å². The van der Waals surface area contributed by atoms with Crippen molar-refractivity contribution in [3.63, 3.8) is 0 Å². The van der Waals surface area contributed by atoms with Gasteiger partial charge in [-0.2, -0.15) is 26.3 Å². The first kappa shape index (κ1) is 25.4. The van der Waals surface area contributed by atoms with E-state index in [4.69, 9.17) is 10.2 Å². The number of carbonyl (C=O) groups excluding carboxylic acids is 1. The monoisotopic (exact) mass is 545 g/mol. The van der Waals surface area contributed by atoms with Crippen molar-refractivity contribution in [1.82, 2.24) is 20.1 Å². The summed E-state index contributed by atoms with van der Waals surface area (Å²) in [7, 11) is 0. The number of anilines is 1. The number of alkyl halides is 6. The zero-order valence-electron chi connectivity index (χ0n) is 20.1. The number of halogens is 6. The second-order valence-corrected chi connectivity index (χ2v) is 11.0. The molecule has 3 N–H and O–H groups in total. The van der Waals surface area contributed by atoms with Gasteiger partial charge in [0.25, 0.3) is 17.7 Å². The number of nitrogens with two attached hydrogens (primary N) is 1. The van der Waals surface area contributed by atoms with Crippen LogP contribution in [-0.2, 0) is 11.8 Å². The first-order chi connectivity index (χ1) is 17.7. The molecule has 0 radical (unpaired) electrons. The molecule has 4 bridgehead atoms. The summed E-state index contributed by atoms with van der Waals surface area (Å²) in [6, 6.07) is 0.501. The van der Waals surface area contributed by atoms with Crippen LogP contribution in [0, 0.1) is 16.7 Å². The van der Waals surface area contributed by atoms with Crippen molar-refractivity contribution in [2.75, 3.05) is 18.8 Å². The minimum atomic E-state index is -5.16. The Balaban J connectivity index is 1.44. The molecule has 3 aliphatic carbocycles.